The summed E-state index contributed by atoms with van der Waals surface area (Å²) in [6.07, 6.45) is 3.26. The highest BCUT2D eigenvalue weighted by Gasteiger charge is 2.32. The number of amides is 1. The Balaban J connectivity index is 1.33. The van der Waals surface area contributed by atoms with Crippen molar-refractivity contribution >= 4 is 25.9 Å². The molecule has 2 fully saturated rings. The summed E-state index contributed by atoms with van der Waals surface area (Å²) in [7, 11) is -1.98. The first-order valence-corrected chi connectivity index (χ1v) is 14.8. The number of carbonyl (C=O) groups excluding carboxylic acids is 1. The molecule has 0 saturated carbocycles. The van der Waals surface area contributed by atoms with E-state index in [0.29, 0.717) is 48.8 Å². The van der Waals surface area contributed by atoms with E-state index < -0.39 is 8.32 Å². The van der Waals surface area contributed by atoms with Crippen molar-refractivity contribution in [2.75, 3.05) is 31.1 Å². The Morgan fingerprint density at radius 2 is 1.86 bits per heavy atom. The SMILES string of the molecule is CC(=O)N1CC(ON=C2CN(c3ncc(-c4cccc(CO[Si-](C)(C)C(C)(C)C)c4F)cn3)C2)C1. The fourth-order valence-electron chi connectivity index (χ4n) is 3.52. The summed E-state index contributed by atoms with van der Waals surface area (Å²) in [4.78, 5) is 29.3. The number of halogens is 1. The van der Waals surface area contributed by atoms with Crippen LogP contribution in [0.5, 0.6) is 0 Å². The molecule has 0 aliphatic carbocycles. The van der Waals surface area contributed by atoms with Crippen molar-refractivity contribution in [3.8, 4) is 11.1 Å². The lowest BCUT2D eigenvalue weighted by Gasteiger charge is -2.48. The number of benzene rings is 1. The van der Waals surface area contributed by atoms with E-state index in [1.807, 2.05) is 11.0 Å². The zero-order chi connectivity index (χ0) is 25.4. The Labute approximate surface area is 207 Å². The summed E-state index contributed by atoms with van der Waals surface area (Å²) in [5.74, 6) is 0.327. The summed E-state index contributed by atoms with van der Waals surface area (Å²) >= 11 is 0. The van der Waals surface area contributed by atoms with Gasteiger partial charge in [0, 0.05) is 42.6 Å². The third-order valence-corrected chi connectivity index (χ3v) is 11.6. The van der Waals surface area contributed by atoms with Crippen molar-refractivity contribution in [1.82, 2.24) is 14.9 Å². The lowest BCUT2D eigenvalue weighted by Crippen LogP contribution is -2.54. The molecule has 0 spiro atoms. The number of anilines is 1. The van der Waals surface area contributed by atoms with Crippen molar-refractivity contribution in [1.29, 1.82) is 0 Å². The maximum atomic E-state index is 15.3. The van der Waals surface area contributed by atoms with Crippen molar-refractivity contribution in [2.45, 2.75) is 58.5 Å². The van der Waals surface area contributed by atoms with E-state index in [4.69, 9.17) is 9.26 Å². The first-order valence-electron chi connectivity index (χ1n) is 11.9. The fourth-order valence-corrected chi connectivity index (χ4v) is 4.47. The quantitative estimate of drug-likeness (QED) is 0.419. The third kappa shape index (κ3) is 5.53. The number of hydrogen-bond acceptors (Lipinski definition) is 7. The molecule has 0 N–H and O–H groups in total. The molecule has 0 unspecified atom stereocenters. The first-order chi connectivity index (χ1) is 16.4. The van der Waals surface area contributed by atoms with Gasteiger partial charge in [-0.1, -0.05) is 44.1 Å². The second-order valence-corrected chi connectivity index (χ2v) is 15.6. The van der Waals surface area contributed by atoms with Crippen molar-refractivity contribution in [3.63, 3.8) is 0 Å². The molecule has 1 aromatic heterocycles. The standard InChI is InChI=1S/C25H34FN5O3Si/c1-17(32)30-14-21(15-30)34-29-20-12-31(13-20)24-27-10-19(11-28-24)22-9-7-8-18(23(22)26)16-33-35(5,6)25(2,3)4/h7-11,21H,12-16H2,1-6H3/q-1. The monoisotopic (exact) mass is 499 g/mol. The molecule has 0 bridgehead atoms. The van der Waals surface area contributed by atoms with Gasteiger partial charge in [-0.05, 0) is 8.32 Å². The van der Waals surface area contributed by atoms with E-state index >= 15 is 4.39 Å². The summed E-state index contributed by atoms with van der Waals surface area (Å²) < 4.78 is 21.5. The Kier molecular flexibility index (Phi) is 6.96. The number of carbonyl (C=O) groups is 1. The predicted molar refractivity (Wildman–Crippen MR) is 136 cm³/mol. The molecule has 1 amide bonds. The minimum Gasteiger partial charge on any atom is -0.561 e. The van der Waals surface area contributed by atoms with Crippen molar-refractivity contribution < 1.29 is 18.4 Å². The average molecular weight is 500 g/mol. The summed E-state index contributed by atoms with van der Waals surface area (Å²) in [5.41, 5.74) is 2.53. The van der Waals surface area contributed by atoms with E-state index in [1.165, 1.54) is 0 Å². The van der Waals surface area contributed by atoms with E-state index in [0.717, 1.165) is 5.71 Å². The van der Waals surface area contributed by atoms with Crippen LogP contribution in [0.4, 0.5) is 10.3 Å². The number of oxime groups is 1. The molecule has 8 nitrogen and oxygen atoms in total. The number of hydrogen-bond donors (Lipinski definition) is 0. The van der Waals surface area contributed by atoms with Gasteiger partial charge in [-0.2, -0.15) is 0 Å². The van der Waals surface area contributed by atoms with Gasteiger partial charge in [-0.3, -0.25) is 4.79 Å². The maximum Gasteiger partial charge on any atom is 0.225 e. The molecule has 35 heavy (non-hydrogen) atoms. The van der Waals surface area contributed by atoms with Crippen LogP contribution in [0.1, 0.15) is 33.3 Å². The first kappa shape index (κ1) is 25.2. The topological polar surface area (TPSA) is 80.2 Å². The van der Waals surface area contributed by atoms with Crippen molar-refractivity contribution in [2.24, 2.45) is 5.16 Å². The molecule has 10 heteroatoms. The van der Waals surface area contributed by atoms with Gasteiger partial charge < -0.3 is 19.1 Å². The zero-order valence-corrected chi connectivity index (χ0v) is 22.3. The normalized spacial score (nSPS) is 16.6. The Morgan fingerprint density at radius 1 is 1.20 bits per heavy atom. The maximum absolute atomic E-state index is 15.3. The van der Waals surface area contributed by atoms with E-state index in [-0.39, 0.29) is 29.5 Å². The van der Waals surface area contributed by atoms with Crippen LogP contribution in [-0.2, 0) is 20.7 Å². The second-order valence-electron chi connectivity index (χ2n) is 10.8. The minimum atomic E-state index is -1.98. The molecule has 2 aromatic rings. The van der Waals surface area contributed by atoms with Crippen LogP contribution >= 0.6 is 0 Å². The van der Waals surface area contributed by atoms with Crippen LogP contribution in [-0.4, -0.2) is 67.1 Å². The van der Waals surface area contributed by atoms with Gasteiger partial charge in [0.15, 0.2) is 6.10 Å². The van der Waals surface area contributed by atoms with Crippen LogP contribution in [0, 0.1) is 5.82 Å². The van der Waals surface area contributed by atoms with Crippen molar-refractivity contribution in [3.05, 3.63) is 42.0 Å². The molecule has 3 heterocycles. The zero-order valence-electron chi connectivity index (χ0n) is 21.3. The number of aromatic nitrogens is 2. The average Bonchev–Trinajstić information content (AvgIpc) is 2.72. The van der Waals surface area contributed by atoms with Gasteiger partial charge >= 0.3 is 0 Å². The molecule has 0 radical (unpaired) electrons. The molecule has 2 aliphatic heterocycles. The molecule has 2 aliphatic rings. The highest BCUT2D eigenvalue weighted by Crippen LogP contribution is 2.37. The van der Waals surface area contributed by atoms with Gasteiger partial charge in [-0.15, -0.1) is 18.1 Å². The summed E-state index contributed by atoms with van der Waals surface area (Å²) in [6.45, 7) is 15.0. The van der Waals surface area contributed by atoms with E-state index in [9.17, 15) is 4.79 Å². The van der Waals surface area contributed by atoms with Crippen LogP contribution in [0.2, 0.25) is 18.1 Å². The third-order valence-electron chi connectivity index (χ3n) is 7.08. The highest BCUT2D eigenvalue weighted by atomic mass is 28.4. The van der Waals surface area contributed by atoms with Crippen LogP contribution in [0.25, 0.3) is 11.1 Å². The second kappa shape index (κ2) is 9.66. The Hall–Kier alpha value is -2.85. The fraction of sp³-hybridized carbons (Fsp3) is 0.520. The van der Waals surface area contributed by atoms with Crippen LogP contribution < -0.4 is 4.90 Å². The van der Waals surface area contributed by atoms with Gasteiger partial charge in [0.05, 0.1) is 31.9 Å². The largest absolute Gasteiger partial charge is 0.561 e. The smallest absolute Gasteiger partial charge is 0.225 e. The van der Waals surface area contributed by atoms with Crippen LogP contribution in [0.15, 0.2) is 35.7 Å². The van der Waals surface area contributed by atoms with Gasteiger partial charge in [-0.25, -0.2) is 14.4 Å². The van der Waals surface area contributed by atoms with Gasteiger partial charge in [0.25, 0.3) is 0 Å². The lowest BCUT2D eigenvalue weighted by atomic mass is 10.1. The Bertz CT molecular complexity index is 1100. The van der Waals surface area contributed by atoms with Gasteiger partial charge in [0.1, 0.15) is 5.82 Å². The number of likely N-dealkylation sites (tertiary alicyclic amines) is 1. The van der Waals surface area contributed by atoms with Crippen LogP contribution in [0.3, 0.4) is 0 Å². The number of rotatable bonds is 7. The number of nitrogens with zero attached hydrogens (tertiary/aromatic N) is 5. The molecular weight excluding hydrogens is 465 g/mol. The lowest BCUT2D eigenvalue weighted by molar-refractivity contribution is -0.142. The Morgan fingerprint density at radius 3 is 2.46 bits per heavy atom. The summed E-state index contributed by atoms with van der Waals surface area (Å²) in [6, 6.07) is 5.35. The molecular formula is C25H34FN5O3Si-. The molecule has 1 aromatic carbocycles. The molecule has 189 valence electrons. The van der Waals surface area contributed by atoms with Gasteiger partial charge in [0.2, 0.25) is 11.9 Å². The highest BCUT2D eigenvalue weighted by molar-refractivity contribution is 6.74. The molecule has 2 saturated heterocycles. The minimum absolute atomic E-state index is 0.0334. The molecule has 0 atom stereocenters. The van der Waals surface area contributed by atoms with E-state index in [1.54, 1.807) is 36.4 Å². The summed E-state index contributed by atoms with van der Waals surface area (Å²) in [5, 5.41) is 4.24. The van der Waals surface area contributed by atoms with E-state index in [2.05, 4.69) is 49.0 Å². The predicted octanol–water partition coefficient (Wildman–Crippen LogP) is 4.23. The molecule has 4 rings (SSSR count).